The molecule has 0 spiro atoms. The van der Waals surface area contributed by atoms with Crippen LogP contribution < -0.4 is 10.1 Å². The molecule has 0 bridgehead atoms. The quantitative estimate of drug-likeness (QED) is 0.869. The van der Waals surface area contributed by atoms with Gasteiger partial charge in [-0.3, -0.25) is 4.79 Å². The molecule has 0 fully saturated rings. The zero-order chi connectivity index (χ0) is 14.7. The molecule has 0 saturated heterocycles. The number of amides is 1. The van der Waals surface area contributed by atoms with Crippen LogP contribution in [0.3, 0.4) is 0 Å². The van der Waals surface area contributed by atoms with Crippen LogP contribution in [0, 0.1) is 6.92 Å². The molecule has 0 heterocycles. The topological polar surface area (TPSA) is 38.3 Å². The summed E-state index contributed by atoms with van der Waals surface area (Å²) < 4.78 is 5.92. The predicted octanol–water partition coefficient (Wildman–Crippen LogP) is 4.67. The minimum absolute atomic E-state index is 0.216. The number of rotatable bonds is 3. The largest absolute Gasteiger partial charge is 0.495 e. The molecule has 104 valence electrons. The molecule has 3 nitrogen and oxygen atoms in total. The molecule has 0 aromatic heterocycles. The number of ether oxygens (including phenoxy) is 1. The van der Waals surface area contributed by atoms with Crippen molar-refractivity contribution in [2.75, 3.05) is 12.4 Å². The Bertz CT molecular complexity index is 658. The van der Waals surface area contributed by atoms with E-state index in [1.54, 1.807) is 25.3 Å². The van der Waals surface area contributed by atoms with Gasteiger partial charge in [0.1, 0.15) is 5.75 Å². The Morgan fingerprint density at radius 3 is 2.65 bits per heavy atom. The average molecular weight is 355 g/mol. The Labute approximate surface area is 131 Å². The third-order valence-corrected chi connectivity index (χ3v) is 4.00. The first-order valence-electron chi connectivity index (χ1n) is 5.92. The highest BCUT2D eigenvalue weighted by Crippen LogP contribution is 2.27. The van der Waals surface area contributed by atoms with Gasteiger partial charge in [-0.1, -0.05) is 17.7 Å². The summed E-state index contributed by atoms with van der Waals surface area (Å²) in [5.74, 6) is 0.406. The summed E-state index contributed by atoms with van der Waals surface area (Å²) >= 11 is 9.22. The number of carbonyl (C=O) groups excluding carboxylic acids is 1. The molecule has 2 aromatic rings. The maximum absolute atomic E-state index is 12.2. The number of hydrogen-bond acceptors (Lipinski definition) is 2. The SMILES string of the molecule is COc1ccc(C)cc1NC(=O)c1ccc(Cl)c(Br)c1. The van der Waals surface area contributed by atoms with Crippen LogP contribution in [-0.4, -0.2) is 13.0 Å². The van der Waals surface area contributed by atoms with Gasteiger partial charge in [0.15, 0.2) is 0 Å². The molecule has 5 heteroatoms. The molecule has 0 unspecified atom stereocenters. The molecular formula is C15H13BrClNO2. The summed E-state index contributed by atoms with van der Waals surface area (Å²) in [7, 11) is 1.57. The number of anilines is 1. The summed E-state index contributed by atoms with van der Waals surface area (Å²) in [5, 5.41) is 3.40. The Kier molecular flexibility index (Phi) is 4.68. The highest BCUT2D eigenvalue weighted by molar-refractivity contribution is 9.10. The van der Waals surface area contributed by atoms with E-state index in [4.69, 9.17) is 16.3 Å². The number of methoxy groups -OCH3 is 1. The number of carbonyl (C=O) groups is 1. The van der Waals surface area contributed by atoms with Gasteiger partial charge in [-0.2, -0.15) is 0 Å². The lowest BCUT2D eigenvalue weighted by atomic mass is 10.1. The summed E-state index contributed by atoms with van der Waals surface area (Å²) in [6, 6.07) is 10.6. The van der Waals surface area contributed by atoms with Crippen molar-refractivity contribution in [2.45, 2.75) is 6.92 Å². The van der Waals surface area contributed by atoms with Crippen LogP contribution in [0.15, 0.2) is 40.9 Å². The molecule has 2 aromatic carbocycles. The van der Waals surface area contributed by atoms with Crippen LogP contribution in [0.4, 0.5) is 5.69 Å². The molecule has 0 aliphatic carbocycles. The van der Waals surface area contributed by atoms with Gasteiger partial charge in [-0.15, -0.1) is 0 Å². The van der Waals surface area contributed by atoms with E-state index >= 15 is 0 Å². The number of benzene rings is 2. The van der Waals surface area contributed by atoms with Crippen molar-refractivity contribution < 1.29 is 9.53 Å². The van der Waals surface area contributed by atoms with E-state index in [1.807, 2.05) is 25.1 Å². The second kappa shape index (κ2) is 6.29. The summed E-state index contributed by atoms with van der Waals surface area (Å²) in [6.45, 7) is 1.95. The fourth-order valence-electron chi connectivity index (χ4n) is 1.75. The van der Waals surface area contributed by atoms with Gasteiger partial charge in [0.05, 0.1) is 17.8 Å². The smallest absolute Gasteiger partial charge is 0.255 e. The van der Waals surface area contributed by atoms with E-state index in [2.05, 4.69) is 21.2 Å². The maximum Gasteiger partial charge on any atom is 0.255 e. The van der Waals surface area contributed by atoms with Crippen molar-refractivity contribution in [1.82, 2.24) is 0 Å². The van der Waals surface area contributed by atoms with Crippen molar-refractivity contribution in [3.05, 3.63) is 57.0 Å². The van der Waals surface area contributed by atoms with Crippen molar-refractivity contribution in [3.8, 4) is 5.75 Å². The fraction of sp³-hybridized carbons (Fsp3) is 0.133. The van der Waals surface area contributed by atoms with Gasteiger partial charge in [0.25, 0.3) is 5.91 Å². The van der Waals surface area contributed by atoms with Crippen LogP contribution in [0.5, 0.6) is 5.75 Å². The standard InChI is InChI=1S/C15H13BrClNO2/c1-9-3-6-14(20-2)13(7-9)18-15(19)10-4-5-12(17)11(16)8-10/h3-8H,1-2H3,(H,18,19). The monoisotopic (exact) mass is 353 g/mol. The van der Waals surface area contributed by atoms with Crippen LogP contribution in [0.25, 0.3) is 0 Å². The van der Waals surface area contributed by atoms with Gasteiger partial charge in [-0.05, 0) is 58.7 Å². The lowest BCUT2D eigenvalue weighted by Gasteiger charge is -2.11. The van der Waals surface area contributed by atoms with Crippen LogP contribution in [0.1, 0.15) is 15.9 Å². The third-order valence-electron chi connectivity index (χ3n) is 2.78. The highest BCUT2D eigenvalue weighted by Gasteiger charge is 2.11. The molecule has 2 rings (SSSR count). The van der Waals surface area contributed by atoms with E-state index in [0.29, 0.717) is 26.5 Å². The van der Waals surface area contributed by atoms with Crippen LogP contribution >= 0.6 is 27.5 Å². The Balaban J connectivity index is 2.27. The molecule has 0 saturated carbocycles. The second-order valence-electron chi connectivity index (χ2n) is 4.29. The third kappa shape index (κ3) is 3.32. The Hall–Kier alpha value is -1.52. The minimum Gasteiger partial charge on any atom is -0.495 e. The fourth-order valence-corrected chi connectivity index (χ4v) is 2.25. The summed E-state index contributed by atoms with van der Waals surface area (Å²) in [4.78, 5) is 12.2. The number of aryl methyl sites for hydroxylation is 1. The van der Waals surface area contributed by atoms with E-state index in [-0.39, 0.29) is 5.91 Å². The molecular weight excluding hydrogens is 342 g/mol. The van der Waals surface area contributed by atoms with Gasteiger partial charge >= 0.3 is 0 Å². The van der Waals surface area contributed by atoms with Crippen LogP contribution in [-0.2, 0) is 0 Å². The lowest BCUT2D eigenvalue weighted by Crippen LogP contribution is -2.12. The van der Waals surface area contributed by atoms with Gasteiger partial charge in [0.2, 0.25) is 0 Å². The van der Waals surface area contributed by atoms with E-state index in [0.717, 1.165) is 5.56 Å². The molecule has 0 aliphatic heterocycles. The molecule has 0 atom stereocenters. The second-order valence-corrected chi connectivity index (χ2v) is 5.55. The zero-order valence-electron chi connectivity index (χ0n) is 11.0. The van der Waals surface area contributed by atoms with Crippen molar-refractivity contribution in [3.63, 3.8) is 0 Å². The normalized spacial score (nSPS) is 10.2. The maximum atomic E-state index is 12.2. The number of halogens is 2. The summed E-state index contributed by atoms with van der Waals surface area (Å²) in [6.07, 6.45) is 0. The first kappa shape index (κ1) is 14.9. The predicted molar refractivity (Wildman–Crippen MR) is 84.8 cm³/mol. The first-order chi connectivity index (χ1) is 9.51. The number of nitrogens with one attached hydrogen (secondary N) is 1. The molecule has 0 radical (unpaired) electrons. The lowest BCUT2D eigenvalue weighted by molar-refractivity contribution is 0.102. The van der Waals surface area contributed by atoms with Gasteiger partial charge < -0.3 is 10.1 Å². The van der Waals surface area contributed by atoms with E-state index in [9.17, 15) is 4.79 Å². The molecule has 20 heavy (non-hydrogen) atoms. The molecule has 1 amide bonds. The number of hydrogen-bond donors (Lipinski definition) is 1. The molecule has 1 N–H and O–H groups in total. The van der Waals surface area contributed by atoms with Gasteiger partial charge in [-0.25, -0.2) is 0 Å². The Morgan fingerprint density at radius 1 is 1.25 bits per heavy atom. The van der Waals surface area contributed by atoms with E-state index < -0.39 is 0 Å². The molecule has 0 aliphatic rings. The Morgan fingerprint density at radius 2 is 2.00 bits per heavy atom. The zero-order valence-corrected chi connectivity index (χ0v) is 13.4. The van der Waals surface area contributed by atoms with Crippen molar-refractivity contribution in [2.24, 2.45) is 0 Å². The average Bonchev–Trinajstić information content (AvgIpc) is 2.42. The van der Waals surface area contributed by atoms with E-state index in [1.165, 1.54) is 0 Å². The van der Waals surface area contributed by atoms with Gasteiger partial charge in [0, 0.05) is 10.0 Å². The minimum atomic E-state index is -0.216. The highest BCUT2D eigenvalue weighted by atomic mass is 79.9. The summed E-state index contributed by atoms with van der Waals surface area (Å²) in [5.41, 5.74) is 2.20. The first-order valence-corrected chi connectivity index (χ1v) is 7.09. The van der Waals surface area contributed by atoms with Crippen molar-refractivity contribution >= 4 is 39.1 Å². The van der Waals surface area contributed by atoms with Crippen molar-refractivity contribution in [1.29, 1.82) is 0 Å². The van der Waals surface area contributed by atoms with Crippen LogP contribution in [0.2, 0.25) is 5.02 Å².